The molecule has 5 nitrogen and oxygen atoms in total. The van der Waals surface area contributed by atoms with Crippen LogP contribution in [-0.2, 0) is 7.05 Å². The molecule has 1 fully saturated rings. The number of aromatic nitrogens is 2. The molecular formula is C11H18N4O. The third-order valence-corrected chi connectivity index (χ3v) is 3.29. The number of piperidine rings is 1. The minimum Gasteiger partial charge on any atom is -0.338 e. The first-order chi connectivity index (χ1) is 7.59. The van der Waals surface area contributed by atoms with Gasteiger partial charge >= 0.3 is 0 Å². The summed E-state index contributed by atoms with van der Waals surface area (Å²) < 4.78 is 1.73. The highest BCUT2D eigenvalue weighted by atomic mass is 16.2. The molecule has 0 aliphatic carbocycles. The number of amides is 1. The first-order valence-electron chi connectivity index (χ1n) is 5.63. The topological polar surface area (TPSA) is 64.2 Å². The van der Waals surface area contributed by atoms with Crippen LogP contribution in [0.25, 0.3) is 0 Å². The Balaban J connectivity index is 2.11. The summed E-state index contributed by atoms with van der Waals surface area (Å²) in [5.41, 5.74) is 7.44. The van der Waals surface area contributed by atoms with Crippen LogP contribution in [0.4, 0.5) is 0 Å². The summed E-state index contributed by atoms with van der Waals surface area (Å²) in [4.78, 5) is 14.0. The predicted molar refractivity (Wildman–Crippen MR) is 61.1 cm³/mol. The number of hydrogen-bond acceptors (Lipinski definition) is 3. The van der Waals surface area contributed by atoms with Crippen molar-refractivity contribution in [2.75, 3.05) is 13.1 Å². The molecule has 1 aliphatic rings. The van der Waals surface area contributed by atoms with Crippen molar-refractivity contribution in [1.82, 2.24) is 14.7 Å². The predicted octanol–water partition coefficient (Wildman–Crippen LogP) is 0.292. The number of hydrogen-bond donors (Lipinski definition) is 1. The molecule has 0 spiro atoms. The lowest BCUT2D eigenvalue weighted by atomic mass is 10.1. The number of likely N-dealkylation sites (tertiary alicyclic amines) is 1. The molecule has 0 bridgehead atoms. The van der Waals surface area contributed by atoms with Crippen LogP contribution in [0.5, 0.6) is 0 Å². The van der Waals surface area contributed by atoms with Gasteiger partial charge in [0.25, 0.3) is 5.91 Å². The minimum absolute atomic E-state index is 0.0810. The second-order valence-corrected chi connectivity index (χ2v) is 4.40. The Hall–Kier alpha value is -1.36. The van der Waals surface area contributed by atoms with E-state index in [4.69, 9.17) is 5.73 Å². The molecule has 2 heterocycles. The monoisotopic (exact) mass is 222 g/mol. The van der Waals surface area contributed by atoms with Crippen molar-refractivity contribution >= 4 is 5.91 Å². The lowest BCUT2D eigenvalue weighted by molar-refractivity contribution is 0.0714. The number of rotatable bonds is 1. The van der Waals surface area contributed by atoms with Crippen LogP contribution in [0.1, 0.15) is 28.9 Å². The van der Waals surface area contributed by atoms with Gasteiger partial charge < -0.3 is 10.6 Å². The van der Waals surface area contributed by atoms with Gasteiger partial charge in [-0.1, -0.05) is 0 Å². The van der Waals surface area contributed by atoms with Crippen LogP contribution in [0.3, 0.4) is 0 Å². The number of aryl methyl sites for hydroxylation is 1. The number of carbonyl (C=O) groups is 1. The van der Waals surface area contributed by atoms with E-state index in [0.717, 1.165) is 31.6 Å². The van der Waals surface area contributed by atoms with Crippen molar-refractivity contribution in [2.45, 2.75) is 25.8 Å². The normalized spacial score (nSPS) is 17.8. The van der Waals surface area contributed by atoms with Crippen molar-refractivity contribution in [3.8, 4) is 0 Å². The van der Waals surface area contributed by atoms with Gasteiger partial charge in [-0.15, -0.1) is 0 Å². The Morgan fingerprint density at radius 1 is 1.50 bits per heavy atom. The van der Waals surface area contributed by atoms with Crippen molar-refractivity contribution in [3.63, 3.8) is 0 Å². The first kappa shape index (κ1) is 11.1. The Bertz CT molecular complexity index is 391. The van der Waals surface area contributed by atoms with Gasteiger partial charge in [-0.05, 0) is 19.8 Å². The summed E-state index contributed by atoms with van der Waals surface area (Å²) >= 11 is 0. The molecule has 0 saturated carbocycles. The molecule has 16 heavy (non-hydrogen) atoms. The lowest BCUT2D eigenvalue weighted by Gasteiger charge is -2.30. The summed E-state index contributed by atoms with van der Waals surface area (Å²) in [5, 5.41) is 4.09. The van der Waals surface area contributed by atoms with E-state index in [1.807, 2.05) is 18.9 Å². The van der Waals surface area contributed by atoms with Crippen LogP contribution in [-0.4, -0.2) is 39.7 Å². The second kappa shape index (κ2) is 4.25. The Morgan fingerprint density at radius 2 is 2.12 bits per heavy atom. The Labute approximate surface area is 95.2 Å². The van der Waals surface area contributed by atoms with Crippen molar-refractivity contribution in [2.24, 2.45) is 12.8 Å². The maximum absolute atomic E-state index is 12.2. The molecule has 88 valence electrons. The van der Waals surface area contributed by atoms with E-state index in [-0.39, 0.29) is 11.9 Å². The lowest BCUT2D eigenvalue weighted by Crippen LogP contribution is -2.42. The largest absolute Gasteiger partial charge is 0.338 e. The van der Waals surface area contributed by atoms with Crippen molar-refractivity contribution in [3.05, 3.63) is 17.5 Å². The van der Waals surface area contributed by atoms with Crippen molar-refractivity contribution in [1.29, 1.82) is 0 Å². The van der Waals surface area contributed by atoms with Gasteiger partial charge in [0.05, 0.1) is 11.8 Å². The summed E-state index contributed by atoms with van der Waals surface area (Å²) in [7, 11) is 1.85. The summed E-state index contributed by atoms with van der Waals surface area (Å²) in [6.45, 7) is 3.43. The zero-order valence-electron chi connectivity index (χ0n) is 9.81. The average molecular weight is 222 g/mol. The fraction of sp³-hybridized carbons (Fsp3) is 0.636. The Morgan fingerprint density at radius 3 is 2.62 bits per heavy atom. The van der Waals surface area contributed by atoms with Gasteiger partial charge in [0.2, 0.25) is 0 Å². The van der Waals surface area contributed by atoms with Crippen LogP contribution in [0.15, 0.2) is 6.20 Å². The highest BCUT2D eigenvalue weighted by molar-refractivity contribution is 5.95. The van der Waals surface area contributed by atoms with Gasteiger partial charge in [-0.25, -0.2) is 0 Å². The second-order valence-electron chi connectivity index (χ2n) is 4.40. The zero-order chi connectivity index (χ0) is 11.7. The molecule has 0 unspecified atom stereocenters. The third-order valence-electron chi connectivity index (χ3n) is 3.29. The molecule has 1 aromatic rings. The molecule has 0 radical (unpaired) electrons. The summed E-state index contributed by atoms with van der Waals surface area (Å²) in [6, 6.07) is 0.249. The minimum atomic E-state index is 0.0810. The molecule has 5 heteroatoms. The van der Waals surface area contributed by atoms with Gasteiger partial charge in [-0.3, -0.25) is 9.48 Å². The fourth-order valence-corrected chi connectivity index (χ4v) is 1.98. The van der Waals surface area contributed by atoms with Crippen LogP contribution in [0, 0.1) is 6.92 Å². The molecule has 1 aromatic heterocycles. The molecule has 2 rings (SSSR count). The summed E-state index contributed by atoms with van der Waals surface area (Å²) in [5.74, 6) is 0.0810. The Kier molecular flexibility index (Phi) is 2.96. The van der Waals surface area contributed by atoms with Crippen molar-refractivity contribution < 1.29 is 4.79 Å². The molecule has 1 amide bonds. The van der Waals surface area contributed by atoms with E-state index in [0.29, 0.717) is 5.56 Å². The highest BCUT2D eigenvalue weighted by Crippen LogP contribution is 2.14. The van der Waals surface area contributed by atoms with E-state index in [1.54, 1.807) is 10.9 Å². The molecule has 0 atom stereocenters. The van der Waals surface area contributed by atoms with E-state index in [1.165, 1.54) is 0 Å². The number of nitrogens with two attached hydrogens (primary N) is 1. The molecule has 1 saturated heterocycles. The quantitative estimate of drug-likeness (QED) is 0.743. The zero-order valence-corrected chi connectivity index (χ0v) is 9.81. The average Bonchev–Trinajstić information content (AvgIpc) is 2.60. The summed E-state index contributed by atoms with van der Waals surface area (Å²) in [6.07, 6.45) is 3.43. The maximum atomic E-state index is 12.2. The van der Waals surface area contributed by atoms with Gasteiger partial charge in [0.15, 0.2) is 0 Å². The molecule has 1 aliphatic heterocycles. The SMILES string of the molecule is Cc1c(C(=O)N2CCC(N)CC2)cnn1C. The first-order valence-corrected chi connectivity index (χ1v) is 5.63. The standard InChI is InChI=1S/C11H18N4O/c1-8-10(7-13-14(8)2)11(16)15-5-3-9(12)4-6-15/h7,9H,3-6,12H2,1-2H3. The third kappa shape index (κ3) is 1.95. The highest BCUT2D eigenvalue weighted by Gasteiger charge is 2.23. The van der Waals surface area contributed by atoms with E-state index in [2.05, 4.69) is 5.10 Å². The van der Waals surface area contributed by atoms with Crippen LogP contribution >= 0.6 is 0 Å². The number of nitrogens with zero attached hydrogens (tertiary/aromatic N) is 3. The molecular weight excluding hydrogens is 204 g/mol. The van der Waals surface area contributed by atoms with Crippen LogP contribution in [0.2, 0.25) is 0 Å². The fourth-order valence-electron chi connectivity index (χ4n) is 1.98. The maximum Gasteiger partial charge on any atom is 0.257 e. The van der Waals surface area contributed by atoms with Gasteiger partial charge in [0.1, 0.15) is 0 Å². The van der Waals surface area contributed by atoms with Gasteiger partial charge in [-0.2, -0.15) is 5.10 Å². The van der Waals surface area contributed by atoms with Crippen LogP contribution < -0.4 is 5.73 Å². The van der Waals surface area contributed by atoms with E-state index < -0.39 is 0 Å². The van der Waals surface area contributed by atoms with E-state index in [9.17, 15) is 4.79 Å². The smallest absolute Gasteiger partial charge is 0.257 e. The number of carbonyl (C=O) groups excluding carboxylic acids is 1. The van der Waals surface area contributed by atoms with Gasteiger partial charge in [0, 0.05) is 31.9 Å². The molecule has 0 aromatic carbocycles. The van der Waals surface area contributed by atoms with E-state index >= 15 is 0 Å². The molecule has 2 N–H and O–H groups in total.